The molecule has 0 bridgehead atoms. The van der Waals surface area contributed by atoms with Crippen LogP contribution < -0.4 is 10.3 Å². The van der Waals surface area contributed by atoms with E-state index in [0.29, 0.717) is 39.4 Å². The van der Waals surface area contributed by atoms with Crippen LogP contribution in [0.3, 0.4) is 0 Å². The highest BCUT2D eigenvalue weighted by molar-refractivity contribution is 6.30. The topological polar surface area (TPSA) is 54.9 Å². The van der Waals surface area contributed by atoms with Gasteiger partial charge in [-0.1, -0.05) is 23.7 Å². The van der Waals surface area contributed by atoms with Crippen LogP contribution in [0.5, 0.6) is 5.75 Å². The first-order valence-corrected chi connectivity index (χ1v) is 8.09. The summed E-state index contributed by atoms with van der Waals surface area (Å²) in [5.41, 5.74) is 2.28. The zero-order valence-electron chi connectivity index (χ0n) is 13.8. The maximum Gasteiger partial charge on any atom is 0.200 e. The van der Waals surface area contributed by atoms with Crippen molar-refractivity contribution in [1.29, 1.82) is 0 Å². The summed E-state index contributed by atoms with van der Waals surface area (Å²) in [5, 5.41) is 11.3. The Bertz CT molecular complexity index is 959. The van der Waals surface area contributed by atoms with E-state index in [1.165, 1.54) is 0 Å². The molecule has 0 saturated carbocycles. The number of quaternary nitrogens is 1. The maximum absolute atomic E-state index is 13.0. The Hall–Kier alpha value is -2.30. The Labute approximate surface area is 144 Å². The molecule has 0 aliphatic heterocycles. The van der Waals surface area contributed by atoms with Gasteiger partial charge in [0.15, 0.2) is 5.58 Å². The first-order valence-electron chi connectivity index (χ1n) is 7.71. The van der Waals surface area contributed by atoms with Gasteiger partial charge in [-0.25, -0.2) is 0 Å². The standard InChI is InChI=1S/C19H18ClNO3/c1-11-17(12-4-6-13(20)7-5-12)18(23)14-8-9-16(22)15(10-21(2)3)19(14)24-11/h4-9,22H,10H2,1-3H3/p+1. The number of phenols is 1. The summed E-state index contributed by atoms with van der Waals surface area (Å²) in [6, 6.07) is 10.3. The molecule has 2 N–H and O–H groups in total. The van der Waals surface area contributed by atoms with Crippen LogP contribution >= 0.6 is 11.6 Å². The van der Waals surface area contributed by atoms with E-state index in [1.807, 2.05) is 14.1 Å². The monoisotopic (exact) mass is 344 g/mol. The average molecular weight is 345 g/mol. The zero-order chi connectivity index (χ0) is 17.4. The van der Waals surface area contributed by atoms with Crippen LogP contribution in [0.2, 0.25) is 5.02 Å². The Morgan fingerprint density at radius 1 is 1.12 bits per heavy atom. The molecule has 3 aromatic rings. The smallest absolute Gasteiger partial charge is 0.200 e. The van der Waals surface area contributed by atoms with Crippen LogP contribution in [0.1, 0.15) is 11.3 Å². The van der Waals surface area contributed by atoms with Crippen molar-refractivity contribution in [2.75, 3.05) is 14.1 Å². The Balaban J connectivity index is 2.31. The number of fused-ring (bicyclic) bond motifs is 1. The largest absolute Gasteiger partial charge is 0.507 e. The fourth-order valence-electron chi connectivity index (χ4n) is 2.89. The quantitative estimate of drug-likeness (QED) is 0.768. The number of hydrogen-bond acceptors (Lipinski definition) is 3. The number of phenolic OH excluding ortho intramolecular Hbond substituents is 1. The molecule has 0 radical (unpaired) electrons. The lowest BCUT2D eigenvalue weighted by molar-refractivity contribution is -0.872. The van der Waals surface area contributed by atoms with E-state index < -0.39 is 0 Å². The third-order valence-corrected chi connectivity index (χ3v) is 4.23. The highest BCUT2D eigenvalue weighted by atomic mass is 35.5. The molecule has 0 unspecified atom stereocenters. The lowest BCUT2D eigenvalue weighted by atomic mass is 10.0. The fourth-order valence-corrected chi connectivity index (χ4v) is 3.01. The third kappa shape index (κ3) is 2.90. The van der Waals surface area contributed by atoms with E-state index in [4.69, 9.17) is 16.0 Å². The number of rotatable bonds is 3. The molecule has 0 atom stereocenters. The SMILES string of the molecule is Cc1oc2c(C[NH+](C)C)c(O)ccc2c(=O)c1-c1ccc(Cl)cc1. The first kappa shape index (κ1) is 16.6. The summed E-state index contributed by atoms with van der Waals surface area (Å²) in [6.45, 7) is 2.33. The third-order valence-electron chi connectivity index (χ3n) is 3.98. The van der Waals surface area contributed by atoms with Gasteiger partial charge in [-0.05, 0) is 36.8 Å². The van der Waals surface area contributed by atoms with E-state index in [0.717, 1.165) is 10.5 Å². The van der Waals surface area contributed by atoms with Crippen LogP contribution in [-0.2, 0) is 6.54 Å². The van der Waals surface area contributed by atoms with E-state index >= 15 is 0 Å². The second kappa shape index (κ2) is 6.30. The van der Waals surface area contributed by atoms with Crippen molar-refractivity contribution in [2.45, 2.75) is 13.5 Å². The lowest BCUT2D eigenvalue weighted by Crippen LogP contribution is -3.04. The minimum absolute atomic E-state index is 0.105. The molecule has 0 aliphatic rings. The molecule has 124 valence electrons. The molecule has 0 saturated heterocycles. The van der Waals surface area contributed by atoms with Gasteiger partial charge in [0, 0.05) is 5.02 Å². The molecule has 5 heteroatoms. The molecule has 4 nitrogen and oxygen atoms in total. The molecule has 0 fully saturated rings. The summed E-state index contributed by atoms with van der Waals surface area (Å²) in [7, 11) is 3.95. The summed E-state index contributed by atoms with van der Waals surface area (Å²) in [6.07, 6.45) is 0. The molecular formula is C19H19ClNO3+. The van der Waals surface area contributed by atoms with E-state index in [1.54, 1.807) is 43.3 Å². The highest BCUT2D eigenvalue weighted by Gasteiger charge is 2.19. The van der Waals surface area contributed by atoms with Gasteiger partial charge >= 0.3 is 0 Å². The van der Waals surface area contributed by atoms with Crippen LogP contribution in [0.4, 0.5) is 0 Å². The van der Waals surface area contributed by atoms with Crippen molar-refractivity contribution in [1.82, 2.24) is 0 Å². The molecule has 2 aromatic carbocycles. The molecule has 0 amide bonds. The van der Waals surface area contributed by atoms with E-state index in [2.05, 4.69) is 0 Å². The number of benzene rings is 2. The number of halogens is 1. The van der Waals surface area contributed by atoms with Crippen molar-refractivity contribution in [3.63, 3.8) is 0 Å². The van der Waals surface area contributed by atoms with Crippen LogP contribution in [0.15, 0.2) is 45.6 Å². The van der Waals surface area contributed by atoms with Crippen LogP contribution in [-0.4, -0.2) is 19.2 Å². The van der Waals surface area contributed by atoms with Gasteiger partial charge in [0.25, 0.3) is 0 Å². The maximum atomic E-state index is 13.0. The fraction of sp³-hybridized carbons (Fsp3) is 0.211. The molecule has 0 aliphatic carbocycles. The minimum atomic E-state index is -0.105. The highest BCUT2D eigenvalue weighted by Crippen LogP contribution is 2.30. The van der Waals surface area contributed by atoms with Gasteiger partial charge in [-0.15, -0.1) is 0 Å². The van der Waals surface area contributed by atoms with Gasteiger partial charge in [0.05, 0.1) is 30.6 Å². The normalized spacial score (nSPS) is 11.4. The molecule has 0 spiro atoms. The van der Waals surface area contributed by atoms with Gasteiger partial charge in [-0.3, -0.25) is 4.79 Å². The molecule has 24 heavy (non-hydrogen) atoms. The van der Waals surface area contributed by atoms with Gasteiger partial charge in [-0.2, -0.15) is 0 Å². The Kier molecular flexibility index (Phi) is 4.35. The second-order valence-corrected chi connectivity index (χ2v) is 6.63. The van der Waals surface area contributed by atoms with Crippen molar-refractivity contribution in [3.8, 4) is 16.9 Å². The van der Waals surface area contributed by atoms with Crippen LogP contribution in [0.25, 0.3) is 22.1 Å². The number of aromatic hydroxyl groups is 1. The number of nitrogens with one attached hydrogen (secondary N) is 1. The zero-order valence-corrected chi connectivity index (χ0v) is 14.6. The molecule has 1 heterocycles. The van der Waals surface area contributed by atoms with Gasteiger partial charge in [0.2, 0.25) is 5.43 Å². The number of aryl methyl sites for hydroxylation is 1. The molecule has 1 aromatic heterocycles. The second-order valence-electron chi connectivity index (χ2n) is 6.19. The van der Waals surface area contributed by atoms with Crippen molar-refractivity contribution >= 4 is 22.6 Å². The predicted octanol–water partition coefficient (Wildman–Crippen LogP) is 2.77. The number of hydrogen-bond donors (Lipinski definition) is 2. The summed E-state index contributed by atoms with van der Waals surface area (Å²) in [5.74, 6) is 0.668. The molecular weight excluding hydrogens is 326 g/mol. The van der Waals surface area contributed by atoms with Gasteiger partial charge < -0.3 is 14.4 Å². The van der Waals surface area contributed by atoms with Gasteiger partial charge in [0.1, 0.15) is 18.1 Å². The predicted molar refractivity (Wildman–Crippen MR) is 95.8 cm³/mol. The summed E-state index contributed by atoms with van der Waals surface area (Å²) >= 11 is 5.93. The Morgan fingerprint density at radius 3 is 2.42 bits per heavy atom. The van der Waals surface area contributed by atoms with E-state index in [9.17, 15) is 9.90 Å². The van der Waals surface area contributed by atoms with Crippen LogP contribution in [0, 0.1) is 6.92 Å². The summed E-state index contributed by atoms with van der Waals surface area (Å²) < 4.78 is 5.96. The minimum Gasteiger partial charge on any atom is -0.507 e. The van der Waals surface area contributed by atoms with E-state index in [-0.39, 0.29) is 11.2 Å². The van der Waals surface area contributed by atoms with Crippen molar-refractivity contribution in [3.05, 3.63) is 63.0 Å². The van der Waals surface area contributed by atoms with Crippen molar-refractivity contribution in [2.24, 2.45) is 0 Å². The summed E-state index contributed by atoms with van der Waals surface area (Å²) in [4.78, 5) is 14.1. The first-order chi connectivity index (χ1) is 11.4. The average Bonchev–Trinajstić information content (AvgIpc) is 2.52. The Morgan fingerprint density at radius 2 is 1.79 bits per heavy atom. The van der Waals surface area contributed by atoms with Crippen molar-refractivity contribution < 1.29 is 14.4 Å². The molecule has 3 rings (SSSR count). The lowest BCUT2D eigenvalue weighted by Gasteiger charge is -2.13.